The van der Waals surface area contributed by atoms with Crippen LogP contribution in [-0.2, 0) is 9.53 Å². The van der Waals surface area contributed by atoms with Gasteiger partial charge < -0.3 is 13.9 Å². The van der Waals surface area contributed by atoms with Gasteiger partial charge in [0.25, 0.3) is 0 Å². The summed E-state index contributed by atoms with van der Waals surface area (Å²) in [5.74, 6) is 0.619. The number of hydrogen-bond donors (Lipinski definition) is 0. The monoisotopic (exact) mass is 478 g/mol. The van der Waals surface area contributed by atoms with E-state index < -0.39 is 0 Å². The fourth-order valence-corrected chi connectivity index (χ4v) is 6.52. The molecule has 0 aliphatic heterocycles. The molecular weight excluding hydrogens is 440 g/mol. The van der Waals surface area contributed by atoms with E-state index in [4.69, 9.17) is 13.9 Å². The second kappa shape index (κ2) is 9.00. The van der Waals surface area contributed by atoms with Gasteiger partial charge in [-0.3, -0.25) is 0 Å². The SMILES string of the molecule is C=C1CC[C@@]2(C)C(C)(C)[C@@H](OC(=O)/C(C)=C\C)CC[C@]2(C)[C@H]1COc1ccc2ccc(=O)oc2c1. The van der Waals surface area contributed by atoms with Gasteiger partial charge >= 0.3 is 11.6 Å². The highest BCUT2D eigenvalue weighted by atomic mass is 16.5. The first-order chi connectivity index (χ1) is 16.4. The van der Waals surface area contributed by atoms with E-state index in [2.05, 4.69) is 34.3 Å². The molecule has 188 valence electrons. The van der Waals surface area contributed by atoms with Crippen LogP contribution in [-0.4, -0.2) is 18.7 Å². The number of carbonyl (C=O) groups excluding carboxylic acids is 1. The first kappa shape index (κ1) is 25.3. The van der Waals surface area contributed by atoms with Crippen LogP contribution in [0, 0.1) is 22.2 Å². The van der Waals surface area contributed by atoms with Crippen molar-refractivity contribution in [1.82, 2.24) is 0 Å². The third-order valence-corrected chi connectivity index (χ3v) is 9.64. The maximum absolute atomic E-state index is 12.6. The summed E-state index contributed by atoms with van der Waals surface area (Å²) in [5, 5.41) is 0.862. The molecule has 2 aliphatic rings. The number of hydrogen-bond acceptors (Lipinski definition) is 5. The number of fused-ring (bicyclic) bond motifs is 2. The summed E-state index contributed by atoms with van der Waals surface area (Å²) >= 11 is 0. The Morgan fingerprint density at radius 3 is 2.60 bits per heavy atom. The van der Waals surface area contributed by atoms with Crippen molar-refractivity contribution in [2.24, 2.45) is 22.2 Å². The molecule has 2 saturated carbocycles. The molecule has 5 nitrogen and oxygen atoms in total. The third-order valence-electron chi connectivity index (χ3n) is 9.64. The summed E-state index contributed by atoms with van der Waals surface area (Å²) in [6.45, 7) is 17.9. The Morgan fingerprint density at radius 1 is 1.17 bits per heavy atom. The molecule has 0 radical (unpaired) electrons. The van der Waals surface area contributed by atoms with Crippen LogP contribution in [0.5, 0.6) is 5.75 Å². The molecule has 35 heavy (non-hydrogen) atoms. The number of benzene rings is 1. The number of esters is 1. The summed E-state index contributed by atoms with van der Waals surface area (Å²) in [6.07, 6.45) is 5.33. The molecule has 1 aromatic heterocycles. The van der Waals surface area contributed by atoms with Gasteiger partial charge in [-0.05, 0) is 68.6 Å². The molecule has 2 aromatic rings. The summed E-state index contributed by atoms with van der Waals surface area (Å²) in [7, 11) is 0. The van der Waals surface area contributed by atoms with E-state index in [0.717, 1.165) is 31.1 Å². The molecule has 0 unspecified atom stereocenters. The van der Waals surface area contributed by atoms with Gasteiger partial charge in [-0.25, -0.2) is 9.59 Å². The molecule has 4 rings (SSSR count). The lowest BCUT2D eigenvalue weighted by Gasteiger charge is -2.66. The highest BCUT2D eigenvalue weighted by molar-refractivity contribution is 5.87. The molecule has 0 spiro atoms. The first-order valence-corrected chi connectivity index (χ1v) is 12.6. The van der Waals surface area contributed by atoms with Gasteiger partial charge in [-0.2, -0.15) is 0 Å². The maximum Gasteiger partial charge on any atom is 0.336 e. The molecule has 0 saturated heterocycles. The van der Waals surface area contributed by atoms with E-state index in [0.29, 0.717) is 23.5 Å². The van der Waals surface area contributed by atoms with Crippen LogP contribution in [0.4, 0.5) is 0 Å². The van der Waals surface area contributed by atoms with Crippen molar-refractivity contribution in [1.29, 1.82) is 0 Å². The van der Waals surface area contributed by atoms with Gasteiger partial charge in [-0.15, -0.1) is 0 Å². The number of rotatable bonds is 5. The zero-order chi connectivity index (χ0) is 25.6. The molecule has 5 heteroatoms. The van der Waals surface area contributed by atoms with Crippen molar-refractivity contribution in [3.8, 4) is 5.75 Å². The Labute approximate surface area is 208 Å². The van der Waals surface area contributed by atoms with Crippen molar-refractivity contribution in [3.05, 3.63) is 64.6 Å². The fraction of sp³-hybridized carbons (Fsp3) is 0.533. The Kier molecular flexibility index (Phi) is 6.50. The van der Waals surface area contributed by atoms with Crippen molar-refractivity contribution in [2.75, 3.05) is 6.61 Å². The Hall–Kier alpha value is -2.82. The van der Waals surface area contributed by atoms with Gasteiger partial charge in [-0.1, -0.05) is 45.9 Å². The highest BCUT2D eigenvalue weighted by Gasteiger charge is 2.64. The van der Waals surface area contributed by atoms with Crippen LogP contribution in [0.25, 0.3) is 11.0 Å². The van der Waals surface area contributed by atoms with E-state index in [1.54, 1.807) is 25.1 Å². The zero-order valence-electron chi connectivity index (χ0n) is 21.9. The molecule has 2 aliphatic carbocycles. The predicted molar refractivity (Wildman–Crippen MR) is 138 cm³/mol. The minimum absolute atomic E-state index is 0.0617. The van der Waals surface area contributed by atoms with E-state index in [1.165, 1.54) is 11.6 Å². The van der Waals surface area contributed by atoms with Gasteiger partial charge in [0.15, 0.2) is 0 Å². The van der Waals surface area contributed by atoms with E-state index in [-0.39, 0.29) is 39.9 Å². The highest BCUT2D eigenvalue weighted by Crippen LogP contribution is 2.68. The summed E-state index contributed by atoms with van der Waals surface area (Å²) in [5.41, 5.74) is 1.67. The van der Waals surface area contributed by atoms with E-state index >= 15 is 0 Å². The molecule has 4 atom stereocenters. The third kappa shape index (κ3) is 4.13. The van der Waals surface area contributed by atoms with Gasteiger partial charge in [0, 0.05) is 34.4 Å². The van der Waals surface area contributed by atoms with Crippen LogP contribution in [0.15, 0.2) is 63.3 Å². The minimum Gasteiger partial charge on any atom is -0.493 e. The lowest BCUT2D eigenvalue weighted by Crippen LogP contribution is -2.63. The van der Waals surface area contributed by atoms with Crippen molar-refractivity contribution < 1.29 is 18.7 Å². The van der Waals surface area contributed by atoms with Crippen molar-refractivity contribution in [3.63, 3.8) is 0 Å². The van der Waals surface area contributed by atoms with Crippen LogP contribution in [0.1, 0.15) is 67.2 Å². The lowest BCUT2D eigenvalue weighted by molar-refractivity contribution is -0.206. The molecule has 1 heterocycles. The zero-order valence-corrected chi connectivity index (χ0v) is 21.9. The fourth-order valence-electron chi connectivity index (χ4n) is 6.52. The number of ether oxygens (including phenoxy) is 2. The Balaban J connectivity index is 1.59. The molecule has 0 bridgehead atoms. The van der Waals surface area contributed by atoms with E-state index in [9.17, 15) is 9.59 Å². The number of carbonyl (C=O) groups is 1. The molecule has 2 fully saturated rings. The Bertz CT molecular complexity index is 1230. The summed E-state index contributed by atoms with van der Waals surface area (Å²) < 4.78 is 17.7. The standard InChI is InChI=1S/C30H38O5/c1-8-19(2)27(32)35-25-14-15-29(6)23(20(3)13-16-30(29,7)28(25,4)5)18-33-22-11-9-21-10-12-26(31)34-24(21)17-22/h8-12,17,23,25H,3,13-16,18H2,1-2,4-7H3/b19-8-/t23-,25-,29+,30-/m0/s1. The molecule has 0 N–H and O–H groups in total. The van der Waals surface area contributed by atoms with Gasteiger partial charge in [0.1, 0.15) is 17.4 Å². The normalized spacial score (nSPS) is 30.6. The van der Waals surface area contributed by atoms with Gasteiger partial charge in [0.2, 0.25) is 0 Å². The molecular formula is C30H38O5. The average Bonchev–Trinajstić information content (AvgIpc) is 2.82. The minimum atomic E-state index is -0.372. The van der Waals surface area contributed by atoms with Crippen molar-refractivity contribution >= 4 is 16.9 Å². The smallest absolute Gasteiger partial charge is 0.336 e. The van der Waals surface area contributed by atoms with Crippen molar-refractivity contribution in [2.45, 2.75) is 73.3 Å². The predicted octanol–water partition coefficient (Wildman–Crippen LogP) is 6.85. The topological polar surface area (TPSA) is 65.7 Å². The van der Waals surface area contributed by atoms with E-state index in [1.807, 2.05) is 19.1 Å². The van der Waals surface area contributed by atoms with Crippen LogP contribution in [0.2, 0.25) is 0 Å². The van der Waals surface area contributed by atoms with Gasteiger partial charge in [0.05, 0.1) is 6.61 Å². The molecule has 0 amide bonds. The molecule has 1 aromatic carbocycles. The Morgan fingerprint density at radius 2 is 1.89 bits per heavy atom. The lowest BCUT2D eigenvalue weighted by atomic mass is 9.39. The maximum atomic E-state index is 12.6. The second-order valence-electron chi connectivity index (χ2n) is 11.4. The summed E-state index contributed by atoms with van der Waals surface area (Å²) in [6, 6.07) is 8.79. The van der Waals surface area contributed by atoms with Crippen LogP contribution < -0.4 is 10.4 Å². The second-order valence-corrected chi connectivity index (χ2v) is 11.4. The quantitative estimate of drug-likeness (QED) is 0.203. The largest absolute Gasteiger partial charge is 0.493 e. The number of allylic oxidation sites excluding steroid dienone is 1. The first-order valence-electron chi connectivity index (χ1n) is 12.6. The van der Waals surface area contributed by atoms with Crippen LogP contribution >= 0.6 is 0 Å². The average molecular weight is 479 g/mol. The summed E-state index contributed by atoms with van der Waals surface area (Å²) in [4.78, 5) is 24.2. The van der Waals surface area contributed by atoms with Crippen LogP contribution in [0.3, 0.4) is 0 Å².